The molecule has 0 spiro atoms. The van der Waals surface area contributed by atoms with Gasteiger partial charge in [-0.3, -0.25) is 9.59 Å². The lowest BCUT2D eigenvalue weighted by Crippen LogP contribution is -2.28. The van der Waals surface area contributed by atoms with E-state index >= 15 is 0 Å². The van der Waals surface area contributed by atoms with E-state index < -0.39 is 0 Å². The van der Waals surface area contributed by atoms with Gasteiger partial charge in [0.25, 0.3) is 11.8 Å². The highest BCUT2D eigenvalue weighted by atomic mass is 16.7. The molecule has 1 aliphatic heterocycles. The second-order valence-corrected chi connectivity index (χ2v) is 6.50. The topological polar surface area (TPSA) is 46.6 Å². The normalized spacial score (nSPS) is 14.6. The van der Waals surface area contributed by atoms with Crippen LogP contribution in [0.3, 0.4) is 0 Å². The number of unbranched alkanes of at least 4 members (excludes halogenated alkanes) is 10. The molecule has 0 unspecified atom stereocenters. The minimum atomic E-state index is -0.255. The third-order valence-corrected chi connectivity index (χ3v) is 4.29. The monoisotopic (exact) mass is 323 g/mol. The molecular formula is C19H33NO3. The fourth-order valence-electron chi connectivity index (χ4n) is 2.82. The first-order chi connectivity index (χ1) is 11.1. The van der Waals surface area contributed by atoms with E-state index in [2.05, 4.69) is 13.5 Å². The van der Waals surface area contributed by atoms with E-state index in [1.54, 1.807) is 0 Å². The van der Waals surface area contributed by atoms with Crippen LogP contribution in [0.2, 0.25) is 0 Å². The van der Waals surface area contributed by atoms with Crippen molar-refractivity contribution in [1.82, 2.24) is 5.06 Å². The molecule has 4 heteroatoms. The van der Waals surface area contributed by atoms with Crippen LogP contribution in [0.25, 0.3) is 0 Å². The van der Waals surface area contributed by atoms with Gasteiger partial charge in [-0.25, -0.2) is 0 Å². The molecule has 4 nitrogen and oxygen atoms in total. The number of rotatable bonds is 14. The number of carbonyl (C=O) groups excluding carboxylic acids is 2. The molecule has 0 aliphatic carbocycles. The minimum absolute atomic E-state index is 0.255. The zero-order valence-electron chi connectivity index (χ0n) is 14.8. The summed E-state index contributed by atoms with van der Waals surface area (Å²) in [5, 5.41) is 0.876. The summed E-state index contributed by atoms with van der Waals surface area (Å²) in [6, 6.07) is 0. The van der Waals surface area contributed by atoms with Crippen molar-refractivity contribution in [2.45, 2.75) is 96.8 Å². The molecule has 0 saturated carbocycles. The van der Waals surface area contributed by atoms with Gasteiger partial charge in [0.05, 0.1) is 0 Å². The second kappa shape index (κ2) is 12.1. The van der Waals surface area contributed by atoms with Crippen LogP contribution in [0.4, 0.5) is 0 Å². The molecule has 0 aromatic heterocycles. The van der Waals surface area contributed by atoms with Crippen molar-refractivity contribution in [1.29, 1.82) is 0 Å². The van der Waals surface area contributed by atoms with E-state index in [-0.39, 0.29) is 24.7 Å². The van der Waals surface area contributed by atoms with Gasteiger partial charge in [-0.05, 0) is 6.42 Å². The molecule has 0 aromatic rings. The number of hydrogen-bond donors (Lipinski definition) is 0. The van der Waals surface area contributed by atoms with Gasteiger partial charge in [-0.15, -0.1) is 5.06 Å². The Balaban J connectivity index is 1.90. The molecule has 0 bridgehead atoms. The summed E-state index contributed by atoms with van der Waals surface area (Å²) in [5.74, 6) is 0.00898. The maximum Gasteiger partial charge on any atom is 0.263 e. The summed E-state index contributed by atoms with van der Waals surface area (Å²) in [4.78, 5) is 28.1. The van der Waals surface area contributed by atoms with Crippen molar-refractivity contribution >= 4 is 11.8 Å². The van der Waals surface area contributed by atoms with E-state index in [9.17, 15) is 9.59 Å². The molecule has 1 aliphatic rings. The summed E-state index contributed by atoms with van der Waals surface area (Å²) >= 11 is 0. The molecule has 1 heterocycles. The average molecular weight is 323 g/mol. The molecule has 2 amide bonds. The molecule has 1 rings (SSSR count). The summed E-state index contributed by atoms with van der Waals surface area (Å²) in [7, 11) is 0. The zero-order valence-corrected chi connectivity index (χ0v) is 14.8. The van der Waals surface area contributed by atoms with Gasteiger partial charge in [0.2, 0.25) is 0 Å². The SMILES string of the molecule is C=C(CCCCCCCCCCCCC)ON1C(=O)CCC1=O. The lowest BCUT2D eigenvalue weighted by atomic mass is 10.1. The number of hydroxylamine groups is 2. The first kappa shape index (κ1) is 19.7. The highest BCUT2D eigenvalue weighted by Crippen LogP contribution is 2.18. The van der Waals surface area contributed by atoms with Gasteiger partial charge in [-0.2, -0.15) is 0 Å². The molecule has 0 atom stereocenters. The Hall–Kier alpha value is -1.32. The molecular weight excluding hydrogens is 290 g/mol. The van der Waals surface area contributed by atoms with E-state index in [0.29, 0.717) is 12.2 Å². The van der Waals surface area contributed by atoms with Crippen molar-refractivity contribution in [3.8, 4) is 0 Å². The molecule has 1 fully saturated rings. The van der Waals surface area contributed by atoms with Crippen LogP contribution in [-0.2, 0) is 14.4 Å². The minimum Gasteiger partial charge on any atom is -0.374 e. The van der Waals surface area contributed by atoms with Gasteiger partial charge in [-0.1, -0.05) is 77.7 Å². The number of carbonyl (C=O) groups is 2. The third kappa shape index (κ3) is 8.77. The quantitative estimate of drug-likeness (QED) is 0.248. The van der Waals surface area contributed by atoms with Crippen molar-refractivity contribution in [3.63, 3.8) is 0 Å². The summed E-state index contributed by atoms with van der Waals surface area (Å²) in [6.45, 7) is 6.05. The van der Waals surface area contributed by atoms with Crippen LogP contribution in [-0.4, -0.2) is 16.9 Å². The highest BCUT2D eigenvalue weighted by Gasteiger charge is 2.31. The highest BCUT2D eigenvalue weighted by molar-refractivity contribution is 6.00. The maximum atomic E-state index is 11.4. The lowest BCUT2D eigenvalue weighted by Gasteiger charge is -2.15. The van der Waals surface area contributed by atoms with E-state index in [0.717, 1.165) is 17.9 Å². The van der Waals surface area contributed by atoms with Crippen molar-refractivity contribution in [2.24, 2.45) is 0 Å². The molecule has 0 aromatic carbocycles. The van der Waals surface area contributed by atoms with Crippen molar-refractivity contribution in [2.75, 3.05) is 0 Å². The van der Waals surface area contributed by atoms with Gasteiger partial charge in [0, 0.05) is 19.3 Å². The molecule has 1 saturated heterocycles. The smallest absolute Gasteiger partial charge is 0.263 e. The molecule has 23 heavy (non-hydrogen) atoms. The average Bonchev–Trinajstić information content (AvgIpc) is 2.84. The number of amides is 2. The van der Waals surface area contributed by atoms with Crippen LogP contribution in [0, 0.1) is 0 Å². The predicted molar refractivity (Wildman–Crippen MR) is 92.4 cm³/mol. The number of imide groups is 1. The first-order valence-electron chi connectivity index (χ1n) is 9.36. The third-order valence-electron chi connectivity index (χ3n) is 4.29. The van der Waals surface area contributed by atoms with Gasteiger partial charge in [0.1, 0.15) is 5.76 Å². The van der Waals surface area contributed by atoms with E-state index in [4.69, 9.17) is 4.84 Å². The maximum absolute atomic E-state index is 11.4. The lowest BCUT2D eigenvalue weighted by molar-refractivity contribution is -0.177. The Kier molecular flexibility index (Phi) is 10.4. The Bertz CT molecular complexity index is 363. The summed E-state index contributed by atoms with van der Waals surface area (Å²) < 4.78 is 0. The largest absolute Gasteiger partial charge is 0.374 e. The van der Waals surface area contributed by atoms with Gasteiger partial charge >= 0.3 is 0 Å². The number of nitrogens with zero attached hydrogens (tertiary/aromatic N) is 1. The van der Waals surface area contributed by atoms with Gasteiger partial charge in [0.15, 0.2) is 0 Å². The predicted octanol–water partition coefficient (Wildman–Crippen LogP) is 5.28. The summed E-state index contributed by atoms with van der Waals surface area (Å²) in [6.07, 6.45) is 15.5. The van der Waals surface area contributed by atoms with Crippen molar-refractivity contribution in [3.05, 3.63) is 12.3 Å². The van der Waals surface area contributed by atoms with Crippen molar-refractivity contribution < 1.29 is 14.4 Å². The zero-order chi connectivity index (χ0) is 16.9. The van der Waals surface area contributed by atoms with E-state index in [1.807, 2.05) is 0 Å². The number of allylic oxidation sites excluding steroid dienone is 1. The van der Waals surface area contributed by atoms with Gasteiger partial charge < -0.3 is 4.84 Å². The second-order valence-electron chi connectivity index (χ2n) is 6.50. The Morgan fingerprint density at radius 3 is 1.78 bits per heavy atom. The molecule has 132 valence electrons. The Morgan fingerprint density at radius 2 is 1.30 bits per heavy atom. The first-order valence-corrected chi connectivity index (χ1v) is 9.36. The van der Waals surface area contributed by atoms with Crippen LogP contribution in [0.1, 0.15) is 96.8 Å². The fourth-order valence-corrected chi connectivity index (χ4v) is 2.82. The van der Waals surface area contributed by atoms with Crippen LogP contribution in [0.5, 0.6) is 0 Å². The standard InChI is InChI=1S/C19H33NO3/c1-3-4-5-6-7-8-9-10-11-12-13-14-17(2)23-20-18(21)15-16-19(20)22/h2-16H2,1H3. The van der Waals surface area contributed by atoms with Crippen LogP contribution < -0.4 is 0 Å². The Morgan fingerprint density at radius 1 is 0.870 bits per heavy atom. The molecule has 0 radical (unpaired) electrons. The summed E-state index contributed by atoms with van der Waals surface area (Å²) in [5.41, 5.74) is 0. The fraction of sp³-hybridized carbons (Fsp3) is 0.789. The number of hydrogen-bond acceptors (Lipinski definition) is 3. The van der Waals surface area contributed by atoms with E-state index in [1.165, 1.54) is 57.8 Å². The van der Waals surface area contributed by atoms with Crippen LogP contribution in [0.15, 0.2) is 12.3 Å². The molecule has 0 N–H and O–H groups in total. The van der Waals surface area contributed by atoms with Crippen LogP contribution >= 0.6 is 0 Å². The Labute approximate surface area is 141 Å².